The van der Waals surface area contributed by atoms with E-state index in [1.807, 2.05) is 24.3 Å². The van der Waals surface area contributed by atoms with Gasteiger partial charge in [0.1, 0.15) is 0 Å². The molecular weight excluding hydrogens is 311 g/mol. The molecule has 0 aliphatic carbocycles. The molecule has 0 radical (unpaired) electrons. The smallest absolute Gasteiger partial charge is 0.322 e. The van der Waals surface area contributed by atoms with Gasteiger partial charge in [0.15, 0.2) is 11.6 Å². The molecule has 1 aromatic heterocycles. The highest BCUT2D eigenvalue weighted by Crippen LogP contribution is 2.26. The molecule has 0 bridgehead atoms. The highest BCUT2D eigenvalue weighted by atomic mass is 79.9. The van der Waals surface area contributed by atoms with Crippen molar-refractivity contribution in [1.82, 2.24) is 9.97 Å². The van der Waals surface area contributed by atoms with Gasteiger partial charge in [-0.05, 0) is 24.3 Å². The molecule has 3 rings (SSSR count). The summed E-state index contributed by atoms with van der Waals surface area (Å²) in [6.45, 7) is 0. The maximum absolute atomic E-state index is 13.6. The Balaban J connectivity index is 1.98. The fourth-order valence-corrected chi connectivity index (χ4v) is 2.00. The van der Waals surface area contributed by atoms with E-state index in [1.54, 1.807) is 12.3 Å². The first-order valence-electron chi connectivity index (χ1n) is 5.57. The van der Waals surface area contributed by atoms with Gasteiger partial charge in [-0.1, -0.05) is 34.1 Å². The van der Waals surface area contributed by atoms with E-state index in [2.05, 4.69) is 25.9 Å². The zero-order valence-electron chi connectivity index (χ0n) is 9.68. The van der Waals surface area contributed by atoms with Crippen molar-refractivity contribution in [1.29, 1.82) is 0 Å². The van der Waals surface area contributed by atoms with Crippen LogP contribution in [-0.4, -0.2) is 9.97 Å². The van der Waals surface area contributed by atoms with Crippen LogP contribution in [-0.2, 0) is 0 Å². The molecule has 2 aromatic carbocycles. The molecule has 94 valence electrons. The van der Waals surface area contributed by atoms with Gasteiger partial charge in [-0.15, -0.1) is 0 Å². The van der Waals surface area contributed by atoms with Crippen molar-refractivity contribution in [3.63, 3.8) is 0 Å². The first-order chi connectivity index (χ1) is 9.22. The summed E-state index contributed by atoms with van der Waals surface area (Å²) in [5.41, 5.74) is 0.753. The van der Waals surface area contributed by atoms with Gasteiger partial charge in [0.25, 0.3) is 0 Å². The monoisotopic (exact) mass is 318 g/mol. The number of hydrogen-bond donors (Lipinski definition) is 0. The number of nitrogens with zero attached hydrogens (tertiary/aromatic N) is 2. The molecule has 3 aromatic rings. The minimum atomic E-state index is -0.458. The minimum Gasteiger partial charge on any atom is -0.421 e. The van der Waals surface area contributed by atoms with E-state index < -0.39 is 5.82 Å². The Labute approximate surface area is 117 Å². The van der Waals surface area contributed by atoms with E-state index in [-0.39, 0.29) is 11.8 Å². The molecule has 0 amide bonds. The van der Waals surface area contributed by atoms with Crippen molar-refractivity contribution in [2.45, 2.75) is 0 Å². The molecule has 1 heterocycles. The zero-order valence-corrected chi connectivity index (χ0v) is 11.3. The number of ether oxygens (including phenoxy) is 1. The largest absolute Gasteiger partial charge is 0.421 e. The Morgan fingerprint density at radius 2 is 1.95 bits per heavy atom. The van der Waals surface area contributed by atoms with Crippen molar-refractivity contribution < 1.29 is 9.13 Å². The first-order valence-corrected chi connectivity index (χ1v) is 6.36. The van der Waals surface area contributed by atoms with Gasteiger partial charge in [-0.3, -0.25) is 0 Å². The summed E-state index contributed by atoms with van der Waals surface area (Å²) >= 11 is 3.26. The molecule has 5 heteroatoms. The molecule has 0 fully saturated rings. The molecule has 0 atom stereocenters. The van der Waals surface area contributed by atoms with Gasteiger partial charge in [0.2, 0.25) is 0 Å². The van der Waals surface area contributed by atoms with Gasteiger partial charge in [0.05, 0.1) is 5.52 Å². The van der Waals surface area contributed by atoms with Gasteiger partial charge in [-0.2, -0.15) is 4.98 Å². The van der Waals surface area contributed by atoms with E-state index in [1.165, 1.54) is 12.1 Å². The predicted molar refractivity (Wildman–Crippen MR) is 73.7 cm³/mol. The Hall–Kier alpha value is -2.01. The highest BCUT2D eigenvalue weighted by molar-refractivity contribution is 9.10. The molecule has 19 heavy (non-hydrogen) atoms. The number of fused-ring (bicyclic) bond motifs is 1. The number of halogens is 2. The number of hydrogen-bond acceptors (Lipinski definition) is 3. The molecule has 3 nitrogen and oxygen atoms in total. The summed E-state index contributed by atoms with van der Waals surface area (Å²) in [5, 5.41) is 0.907. The van der Waals surface area contributed by atoms with E-state index in [9.17, 15) is 4.39 Å². The van der Waals surface area contributed by atoms with E-state index in [0.717, 1.165) is 15.4 Å². The first kappa shape index (κ1) is 12.0. The second-order valence-corrected chi connectivity index (χ2v) is 4.80. The van der Waals surface area contributed by atoms with Crippen LogP contribution in [0.1, 0.15) is 0 Å². The maximum atomic E-state index is 13.6. The third kappa shape index (κ3) is 2.56. The van der Waals surface area contributed by atoms with Gasteiger partial charge >= 0.3 is 6.01 Å². The van der Waals surface area contributed by atoms with Crippen LogP contribution in [0.15, 0.2) is 53.1 Å². The SMILES string of the molecule is Fc1ccc(Br)cc1Oc1ncc2ccccc2n1. The summed E-state index contributed by atoms with van der Waals surface area (Å²) < 4.78 is 19.7. The van der Waals surface area contributed by atoms with Crippen molar-refractivity contribution in [2.24, 2.45) is 0 Å². The Kier molecular flexibility index (Phi) is 3.13. The normalized spacial score (nSPS) is 10.6. The van der Waals surface area contributed by atoms with Crippen LogP contribution in [0.2, 0.25) is 0 Å². The van der Waals surface area contributed by atoms with Crippen molar-refractivity contribution in [3.05, 3.63) is 59.0 Å². The van der Waals surface area contributed by atoms with Crippen LogP contribution in [0.3, 0.4) is 0 Å². The Morgan fingerprint density at radius 1 is 1.11 bits per heavy atom. The third-order valence-electron chi connectivity index (χ3n) is 2.56. The topological polar surface area (TPSA) is 35.0 Å². The van der Waals surface area contributed by atoms with Crippen LogP contribution in [0.25, 0.3) is 10.9 Å². The fraction of sp³-hybridized carbons (Fsp3) is 0. The second kappa shape index (κ2) is 4.93. The van der Waals surface area contributed by atoms with Gasteiger partial charge < -0.3 is 4.74 Å². The summed E-state index contributed by atoms with van der Waals surface area (Å²) in [6, 6.07) is 12.1. The molecule has 0 unspecified atom stereocenters. The Morgan fingerprint density at radius 3 is 2.84 bits per heavy atom. The maximum Gasteiger partial charge on any atom is 0.322 e. The van der Waals surface area contributed by atoms with Crippen LogP contribution in [0.5, 0.6) is 11.8 Å². The van der Waals surface area contributed by atoms with Crippen molar-refractivity contribution >= 4 is 26.8 Å². The number of rotatable bonds is 2. The molecule has 0 aliphatic rings. The van der Waals surface area contributed by atoms with Gasteiger partial charge in [-0.25, -0.2) is 9.37 Å². The lowest BCUT2D eigenvalue weighted by Gasteiger charge is -2.06. The van der Waals surface area contributed by atoms with E-state index in [0.29, 0.717) is 0 Å². The lowest BCUT2D eigenvalue weighted by Crippen LogP contribution is -1.94. The summed E-state index contributed by atoms with van der Waals surface area (Å²) in [5.74, 6) is -0.371. The quantitative estimate of drug-likeness (QED) is 0.705. The molecule has 0 aliphatic heterocycles. The van der Waals surface area contributed by atoms with Crippen molar-refractivity contribution in [2.75, 3.05) is 0 Å². The van der Waals surface area contributed by atoms with E-state index in [4.69, 9.17) is 4.74 Å². The zero-order chi connectivity index (χ0) is 13.2. The van der Waals surface area contributed by atoms with Gasteiger partial charge in [0, 0.05) is 16.1 Å². The standard InChI is InChI=1S/C14H8BrFN2O/c15-10-5-6-11(16)13(7-10)19-14-17-8-9-3-1-2-4-12(9)18-14/h1-8H. The Bertz CT molecular complexity index is 748. The number of para-hydroxylation sites is 1. The van der Waals surface area contributed by atoms with Crippen LogP contribution in [0, 0.1) is 5.82 Å². The lowest BCUT2D eigenvalue weighted by molar-refractivity contribution is 0.412. The fourth-order valence-electron chi connectivity index (χ4n) is 1.66. The molecular formula is C14H8BrFN2O. The molecule has 0 saturated carbocycles. The summed E-state index contributed by atoms with van der Waals surface area (Å²) in [6.07, 6.45) is 1.65. The molecule has 0 N–H and O–H groups in total. The third-order valence-corrected chi connectivity index (χ3v) is 3.05. The van der Waals surface area contributed by atoms with Crippen molar-refractivity contribution in [3.8, 4) is 11.8 Å². The van der Waals surface area contributed by atoms with Crippen LogP contribution < -0.4 is 4.74 Å². The predicted octanol–water partition coefficient (Wildman–Crippen LogP) is 4.32. The number of aromatic nitrogens is 2. The number of benzene rings is 2. The second-order valence-electron chi connectivity index (χ2n) is 3.89. The average Bonchev–Trinajstić information content (AvgIpc) is 2.43. The highest BCUT2D eigenvalue weighted by Gasteiger charge is 2.08. The summed E-state index contributed by atoms with van der Waals surface area (Å²) in [7, 11) is 0. The van der Waals surface area contributed by atoms with E-state index >= 15 is 0 Å². The molecule has 0 saturated heterocycles. The minimum absolute atomic E-state index is 0.0876. The summed E-state index contributed by atoms with van der Waals surface area (Å²) in [4.78, 5) is 8.28. The average molecular weight is 319 g/mol. The van der Waals surface area contributed by atoms with Crippen LogP contribution >= 0.6 is 15.9 Å². The van der Waals surface area contributed by atoms with Crippen LogP contribution in [0.4, 0.5) is 4.39 Å². The molecule has 0 spiro atoms. The lowest BCUT2D eigenvalue weighted by atomic mass is 10.2.